The van der Waals surface area contributed by atoms with Crippen molar-refractivity contribution in [2.75, 3.05) is 0 Å². The zero-order valence-corrected chi connectivity index (χ0v) is 28.1. The van der Waals surface area contributed by atoms with Crippen LogP contribution in [0.15, 0.2) is 91.0 Å². The van der Waals surface area contributed by atoms with Crippen LogP contribution >= 0.6 is 0 Å². The minimum absolute atomic E-state index is 0.0137. The van der Waals surface area contributed by atoms with Gasteiger partial charge in [0.2, 0.25) is 5.91 Å². The lowest BCUT2D eigenvalue weighted by Crippen LogP contribution is -2.56. The molecule has 0 radical (unpaired) electrons. The molecule has 4 aromatic rings. The lowest BCUT2D eigenvalue weighted by atomic mass is 9.93. The van der Waals surface area contributed by atoms with Gasteiger partial charge in [-0.3, -0.25) is 9.69 Å². The maximum Gasteiger partial charge on any atom is 0.416 e. The van der Waals surface area contributed by atoms with Crippen LogP contribution in [0.3, 0.4) is 0 Å². The van der Waals surface area contributed by atoms with E-state index in [1.807, 2.05) is 42.5 Å². The Hall–Kier alpha value is -5.53. The van der Waals surface area contributed by atoms with E-state index in [0.717, 1.165) is 16.0 Å². The third kappa shape index (κ3) is 9.42. The molecule has 1 aliphatic rings. The van der Waals surface area contributed by atoms with Gasteiger partial charge in [-0.2, -0.15) is 26.3 Å². The Bertz CT molecular complexity index is 1910. The molecule has 4 aromatic carbocycles. The molecule has 14 heteroatoms. The predicted octanol–water partition coefficient (Wildman–Crippen LogP) is 8.66. The first-order valence-electron chi connectivity index (χ1n) is 16.0. The van der Waals surface area contributed by atoms with Crippen molar-refractivity contribution in [2.45, 2.75) is 70.2 Å². The van der Waals surface area contributed by atoms with Crippen LogP contribution in [0.1, 0.15) is 48.6 Å². The summed E-state index contributed by atoms with van der Waals surface area (Å²) in [6, 6.07) is 19.2. The monoisotopic (exact) mass is 728 g/mol. The van der Waals surface area contributed by atoms with Crippen LogP contribution in [-0.4, -0.2) is 45.7 Å². The van der Waals surface area contributed by atoms with Gasteiger partial charge in [-0.15, -0.1) is 0 Å². The molecule has 0 saturated heterocycles. The van der Waals surface area contributed by atoms with Crippen molar-refractivity contribution in [3.63, 3.8) is 0 Å². The van der Waals surface area contributed by atoms with Gasteiger partial charge < -0.3 is 19.9 Å². The van der Waals surface area contributed by atoms with Crippen LogP contribution in [0.4, 0.5) is 31.1 Å². The third-order valence-corrected chi connectivity index (χ3v) is 8.15. The molecule has 0 fully saturated rings. The lowest BCUT2D eigenvalue weighted by Gasteiger charge is -2.37. The summed E-state index contributed by atoms with van der Waals surface area (Å²) >= 11 is 0. The van der Waals surface area contributed by atoms with Gasteiger partial charge in [0, 0.05) is 12.8 Å². The number of aliphatic carboxylic acids is 1. The summed E-state index contributed by atoms with van der Waals surface area (Å²) in [5, 5.41) is 12.6. The zero-order chi connectivity index (χ0) is 38.0. The fraction of sp³-hybridized carbons (Fsp3) is 0.289. The highest BCUT2D eigenvalue weighted by Gasteiger charge is 2.40. The summed E-state index contributed by atoms with van der Waals surface area (Å²) < 4.78 is 91.4. The van der Waals surface area contributed by atoms with Crippen molar-refractivity contribution in [1.82, 2.24) is 10.2 Å². The molecule has 52 heavy (non-hydrogen) atoms. The van der Waals surface area contributed by atoms with Crippen LogP contribution < -0.4 is 10.1 Å². The number of nitrogens with one attached hydrogen (secondary N) is 1. The number of carbonyl (C=O) groups excluding carboxylic acids is 2. The molecule has 274 valence electrons. The maximum absolute atomic E-state index is 13.7. The van der Waals surface area contributed by atoms with Crippen LogP contribution in [-0.2, 0) is 46.1 Å². The van der Waals surface area contributed by atoms with E-state index in [1.54, 1.807) is 32.9 Å². The second-order valence-electron chi connectivity index (χ2n) is 13.3. The Morgan fingerprint density at radius 2 is 1.38 bits per heavy atom. The Morgan fingerprint density at radius 3 is 1.94 bits per heavy atom. The highest BCUT2D eigenvalue weighted by Crippen LogP contribution is 2.40. The topological polar surface area (TPSA) is 105 Å². The Morgan fingerprint density at radius 1 is 0.788 bits per heavy atom. The van der Waals surface area contributed by atoms with Crippen molar-refractivity contribution in [3.8, 4) is 22.6 Å². The smallest absolute Gasteiger partial charge is 0.416 e. The zero-order valence-electron chi connectivity index (χ0n) is 28.1. The molecule has 8 nitrogen and oxygen atoms in total. The molecular formula is C38H34F6N2O6. The molecule has 0 spiro atoms. The summed E-state index contributed by atoms with van der Waals surface area (Å²) in [6.45, 7) is 4.56. The number of hydrogen-bond donors (Lipinski definition) is 2. The molecule has 0 bridgehead atoms. The molecule has 5 rings (SSSR count). The van der Waals surface area contributed by atoms with Crippen molar-refractivity contribution in [2.24, 2.45) is 0 Å². The first kappa shape index (κ1) is 37.7. The number of carbonyl (C=O) groups is 3. The normalized spacial score (nSPS) is 15.3. The quantitative estimate of drug-likeness (QED) is 0.176. The molecule has 2 unspecified atom stereocenters. The number of halogens is 6. The van der Waals surface area contributed by atoms with Gasteiger partial charge in [-0.1, -0.05) is 60.7 Å². The van der Waals surface area contributed by atoms with Gasteiger partial charge in [0.25, 0.3) is 0 Å². The van der Waals surface area contributed by atoms with Gasteiger partial charge in [0.15, 0.2) is 0 Å². The van der Waals surface area contributed by atoms with E-state index in [1.165, 1.54) is 18.2 Å². The Labute approximate surface area is 295 Å². The Kier molecular flexibility index (Phi) is 10.6. The number of hydrogen-bond acceptors (Lipinski definition) is 5. The highest BCUT2D eigenvalue weighted by atomic mass is 19.4. The third-order valence-electron chi connectivity index (χ3n) is 8.15. The minimum Gasteiger partial charge on any atom is -0.480 e. The molecule has 0 aliphatic carbocycles. The number of benzene rings is 4. The number of carboxylic acids is 1. The summed E-state index contributed by atoms with van der Waals surface area (Å²) in [5.41, 5.74) is -0.669. The Balaban J connectivity index is 1.38. The van der Waals surface area contributed by atoms with Crippen molar-refractivity contribution >= 4 is 18.0 Å². The van der Waals surface area contributed by atoms with Crippen molar-refractivity contribution < 1.29 is 55.3 Å². The highest BCUT2D eigenvalue weighted by molar-refractivity contribution is 5.90. The largest absolute Gasteiger partial charge is 0.480 e. The van der Waals surface area contributed by atoms with Gasteiger partial charge in [0.05, 0.1) is 17.7 Å². The summed E-state index contributed by atoms with van der Waals surface area (Å²) in [6.07, 6.45) is -11.2. The molecular weight excluding hydrogens is 694 g/mol. The molecule has 1 aliphatic heterocycles. The van der Waals surface area contributed by atoms with Crippen LogP contribution in [0.2, 0.25) is 0 Å². The van der Waals surface area contributed by atoms with E-state index < -0.39 is 64.9 Å². The molecule has 2 N–H and O–H groups in total. The number of fused-ring (bicyclic) bond motifs is 1. The second kappa shape index (κ2) is 14.6. The van der Waals surface area contributed by atoms with E-state index in [-0.39, 0.29) is 31.2 Å². The van der Waals surface area contributed by atoms with E-state index in [2.05, 4.69) is 5.32 Å². The van der Waals surface area contributed by atoms with Crippen LogP contribution in [0.25, 0.3) is 11.1 Å². The molecule has 1 heterocycles. The van der Waals surface area contributed by atoms with Crippen molar-refractivity contribution in [3.05, 3.63) is 119 Å². The number of amides is 2. The summed E-state index contributed by atoms with van der Waals surface area (Å²) in [5.74, 6) is -2.91. The molecule has 2 amide bonds. The van der Waals surface area contributed by atoms with Crippen LogP contribution in [0, 0.1) is 0 Å². The van der Waals surface area contributed by atoms with Crippen LogP contribution in [0.5, 0.6) is 11.5 Å². The second-order valence-corrected chi connectivity index (χ2v) is 13.3. The summed E-state index contributed by atoms with van der Waals surface area (Å²) in [7, 11) is 0. The average Bonchev–Trinajstić information content (AvgIpc) is 3.06. The predicted molar refractivity (Wildman–Crippen MR) is 177 cm³/mol. The fourth-order valence-electron chi connectivity index (χ4n) is 5.66. The average molecular weight is 729 g/mol. The SMILES string of the molecule is CC(C)(C)OC(=O)N1Cc2cc(Oc3cc(C(F)(F)F)cc(C(F)(F)F)c3)ccc2CC1C(=O)NC(Cc1ccc(-c2ccccc2)cc1)C(=O)O. The van der Waals surface area contributed by atoms with E-state index >= 15 is 0 Å². The van der Waals surface area contributed by atoms with Gasteiger partial charge in [0.1, 0.15) is 29.2 Å². The fourth-order valence-corrected chi connectivity index (χ4v) is 5.66. The number of nitrogens with zero attached hydrogens (tertiary/aromatic N) is 1. The number of rotatable bonds is 8. The molecule has 2 atom stereocenters. The summed E-state index contributed by atoms with van der Waals surface area (Å²) in [4.78, 5) is 40.5. The van der Waals surface area contributed by atoms with Gasteiger partial charge in [-0.25, -0.2) is 9.59 Å². The lowest BCUT2D eigenvalue weighted by molar-refractivity contribution is -0.143. The minimum atomic E-state index is -5.08. The molecule has 0 saturated carbocycles. The van der Waals surface area contributed by atoms with Gasteiger partial charge in [-0.05, 0) is 78.9 Å². The first-order valence-corrected chi connectivity index (χ1v) is 16.0. The van der Waals surface area contributed by atoms with Gasteiger partial charge >= 0.3 is 24.4 Å². The first-order chi connectivity index (χ1) is 24.3. The molecule has 0 aromatic heterocycles. The maximum atomic E-state index is 13.7. The number of carboxylic acid groups (broad SMARTS) is 1. The van der Waals surface area contributed by atoms with E-state index in [0.29, 0.717) is 28.8 Å². The van der Waals surface area contributed by atoms with E-state index in [9.17, 15) is 45.8 Å². The van der Waals surface area contributed by atoms with E-state index in [4.69, 9.17) is 9.47 Å². The number of ether oxygens (including phenoxy) is 2. The van der Waals surface area contributed by atoms with Crippen molar-refractivity contribution in [1.29, 1.82) is 0 Å². The standard InChI is InChI=1S/C38H34F6N2O6/c1-36(2,3)52-35(50)46-21-26-16-29(51-30-19-27(37(39,40)41)18-28(20-30)38(42,43)44)14-13-25(26)17-32(46)33(47)45-31(34(48)49)15-22-9-11-24(12-10-22)23-7-5-4-6-8-23/h4-14,16,18-20,31-32H,15,17,21H2,1-3H3,(H,45,47)(H,48,49). The number of alkyl halides is 6.